The number of carbonyl (C=O) groups excluding carboxylic acids is 1. The molecule has 1 aliphatic rings. The van der Waals surface area contributed by atoms with Crippen molar-refractivity contribution in [1.82, 2.24) is 9.78 Å². The van der Waals surface area contributed by atoms with Crippen molar-refractivity contribution in [2.75, 3.05) is 23.3 Å². The number of benzene rings is 1. The Morgan fingerprint density at radius 3 is 2.78 bits per heavy atom. The minimum atomic E-state index is -0.377. The highest BCUT2D eigenvalue weighted by atomic mass is 35.5. The fourth-order valence-corrected chi connectivity index (χ4v) is 3.06. The molecule has 1 atom stereocenters. The van der Waals surface area contributed by atoms with Crippen molar-refractivity contribution in [3.05, 3.63) is 41.7 Å². The molecule has 2 heterocycles. The van der Waals surface area contributed by atoms with E-state index in [1.54, 1.807) is 17.1 Å². The smallest absolute Gasteiger partial charge is 0.249 e. The Balaban J connectivity index is 1.80. The van der Waals surface area contributed by atoms with E-state index in [1.165, 1.54) is 19.3 Å². The van der Waals surface area contributed by atoms with Gasteiger partial charge in [0, 0.05) is 30.5 Å². The number of nitrogens with zero attached hydrogens (tertiary/aromatic N) is 3. The lowest BCUT2D eigenvalue weighted by atomic mass is 10.1. The number of hydrogen-bond donors (Lipinski definition) is 1. The van der Waals surface area contributed by atoms with Gasteiger partial charge in [0.2, 0.25) is 5.91 Å². The molecule has 0 aliphatic carbocycles. The summed E-state index contributed by atoms with van der Waals surface area (Å²) in [6.07, 6.45) is 7.08. The number of halogens is 1. The summed E-state index contributed by atoms with van der Waals surface area (Å²) in [5.41, 5.74) is 1.80. The van der Waals surface area contributed by atoms with E-state index in [4.69, 9.17) is 11.6 Å². The summed E-state index contributed by atoms with van der Waals surface area (Å²) in [5, 5.41) is 7.76. The average molecular weight is 333 g/mol. The summed E-state index contributed by atoms with van der Waals surface area (Å²) in [6.45, 7) is 3.85. The molecule has 122 valence electrons. The standard InChI is InChI=1S/C17H21ClN4O/c1-13(22-11-5-8-19-22)17(23)20-15-12-14(18)6-7-16(15)21-9-3-2-4-10-21/h5-8,11-13H,2-4,9-10H2,1H3,(H,20,23). The highest BCUT2D eigenvalue weighted by Gasteiger charge is 2.19. The summed E-state index contributed by atoms with van der Waals surface area (Å²) in [6, 6.07) is 7.11. The number of hydrogen-bond acceptors (Lipinski definition) is 3. The van der Waals surface area contributed by atoms with Crippen LogP contribution in [0.5, 0.6) is 0 Å². The van der Waals surface area contributed by atoms with Crippen molar-refractivity contribution >= 4 is 28.9 Å². The fourth-order valence-electron chi connectivity index (χ4n) is 2.89. The van der Waals surface area contributed by atoms with Crippen molar-refractivity contribution in [3.8, 4) is 0 Å². The Morgan fingerprint density at radius 2 is 2.09 bits per heavy atom. The molecule has 0 bridgehead atoms. The number of carbonyl (C=O) groups is 1. The first-order chi connectivity index (χ1) is 11.1. The molecular formula is C17H21ClN4O. The van der Waals surface area contributed by atoms with Crippen LogP contribution in [0.4, 0.5) is 11.4 Å². The molecule has 3 rings (SSSR count). The maximum atomic E-state index is 12.5. The fraction of sp³-hybridized carbons (Fsp3) is 0.412. The first-order valence-electron chi connectivity index (χ1n) is 7.99. The predicted octanol–water partition coefficient (Wildman–Crippen LogP) is 3.73. The second kappa shape index (κ2) is 7.04. The molecule has 1 unspecified atom stereocenters. The largest absolute Gasteiger partial charge is 0.370 e. The quantitative estimate of drug-likeness (QED) is 0.928. The summed E-state index contributed by atoms with van der Waals surface area (Å²) >= 11 is 6.13. The van der Waals surface area contributed by atoms with Crippen LogP contribution < -0.4 is 10.2 Å². The van der Waals surface area contributed by atoms with Crippen molar-refractivity contribution in [1.29, 1.82) is 0 Å². The third-order valence-electron chi connectivity index (χ3n) is 4.21. The van der Waals surface area contributed by atoms with E-state index < -0.39 is 0 Å². The maximum Gasteiger partial charge on any atom is 0.249 e. The van der Waals surface area contributed by atoms with Crippen LogP contribution in [-0.4, -0.2) is 28.8 Å². The van der Waals surface area contributed by atoms with E-state index in [2.05, 4.69) is 15.3 Å². The zero-order valence-corrected chi connectivity index (χ0v) is 14.0. The van der Waals surface area contributed by atoms with E-state index in [-0.39, 0.29) is 11.9 Å². The van der Waals surface area contributed by atoms with E-state index in [9.17, 15) is 4.79 Å². The highest BCUT2D eigenvalue weighted by Crippen LogP contribution is 2.31. The Morgan fingerprint density at radius 1 is 1.30 bits per heavy atom. The zero-order chi connectivity index (χ0) is 16.2. The molecule has 6 heteroatoms. The van der Waals surface area contributed by atoms with Gasteiger partial charge in [-0.3, -0.25) is 9.48 Å². The number of rotatable bonds is 4. The first-order valence-corrected chi connectivity index (χ1v) is 8.37. The van der Waals surface area contributed by atoms with Crippen LogP contribution in [0.25, 0.3) is 0 Å². The molecule has 1 aromatic heterocycles. The SMILES string of the molecule is CC(C(=O)Nc1cc(Cl)ccc1N1CCCCC1)n1cccn1. The molecule has 2 aromatic rings. The van der Waals surface area contributed by atoms with Crippen LogP contribution in [-0.2, 0) is 4.79 Å². The lowest BCUT2D eigenvalue weighted by molar-refractivity contribution is -0.119. The number of anilines is 2. The van der Waals surface area contributed by atoms with Crippen molar-refractivity contribution in [2.24, 2.45) is 0 Å². The van der Waals surface area contributed by atoms with Crippen LogP contribution in [0.3, 0.4) is 0 Å². The predicted molar refractivity (Wildman–Crippen MR) is 93.1 cm³/mol. The molecule has 1 aliphatic heterocycles. The molecule has 23 heavy (non-hydrogen) atoms. The third kappa shape index (κ3) is 3.67. The van der Waals surface area contributed by atoms with Crippen LogP contribution >= 0.6 is 11.6 Å². The summed E-state index contributed by atoms with van der Waals surface area (Å²) in [4.78, 5) is 14.8. The molecule has 5 nitrogen and oxygen atoms in total. The van der Waals surface area contributed by atoms with E-state index >= 15 is 0 Å². The molecule has 1 N–H and O–H groups in total. The lowest BCUT2D eigenvalue weighted by Gasteiger charge is -2.31. The molecule has 1 aromatic carbocycles. The van der Waals surface area contributed by atoms with Crippen LogP contribution in [0.15, 0.2) is 36.7 Å². The van der Waals surface area contributed by atoms with Gasteiger partial charge in [0.15, 0.2) is 0 Å². The van der Waals surface area contributed by atoms with E-state index in [1.807, 2.05) is 31.2 Å². The second-order valence-corrected chi connectivity index (χ2v) is 6.30. The minimum Gasteiger partial charge on any atom is -0.370 e. The van der Waals surface area contributed by atoms with Crippen molar-refractivity contribution in [3.63, 3.8) is 0 Å². The molecule has 0 radical (unpaired) electrons. The Hall–Kier alpha value is -2.01. The number of aromatic nitrogens is 2. The van der Waals surface area contributed by atoms with Gasteiger partial charge in [0.1, 0.15) is 6.04 Å². The van der Waals surface area contributed by atoms with Crippen molar-refractivity contribution in [2.45, 2.75) is 32.2 Å². The topological polar surface area (TPSA) is 50.2 Å². The summed E-state index contributed by atoms with van der Waals surface area (Å²) in [5.74, 6) is -0.103. The van der Waals surface area contributed by atoms with E-state index in [0.717, 1.165) is 24.5 Å². The van der Waals surface area contributed by atoms with E-state index in [0.29, 0.717) is 5.02 Å². The monoisotopic (exact) mass is 332 g/mol. The van der Waals surface area contributed by atoms with Gasteiger partial charge in [-0.15, -0.1) is 0 Å². The molecule has 1 fully saturated rings. The Kier molecular flexibility index (Phi) is 4.86. The molecular weight excluding hydrogens is 312 g/mol. The first kappa shape index (κ1) is 15.9. The van der Waals surface area contributed by atoms with Gasteiger partial charge in [0.25, 0.3) is 0 Å². The molecule has 1 saturated heterocycles. The van der Waals surface area contributed by atoms with Gasteiger partial charge in [-0.1, -0.05) is 11.6 Å². The van der Waals surface area contributed by atoms with Gasteiger partial charge in [-0.25, -0.2) is 0 Å². The summed E-state index contributed by atoms with van der Waals surface area (Å²) in [7, 11) is 0. The van der Waals surface area contributed by atoms with Gasteiger partial charge < -0.3 is 10.2 Å². The van der Waals surface area contributed by atoms with Gasteiger partial charge in [0.05, 0.1) is 11.4 Å². The van der Waals surface area contributed by atoms with Gasteiger partial charge in [-0.05, 0) is 50.5 Å². The zero-order valence-electron chi connectivity index (χ0n) is 13.2. The third-order valence-corrected chi connectivity index (χ3v) is 4.45. The maximum absolute atomic E-state index is 12.5. The van der Waals surface area contributed by atoms with Gasteiger partial charge in [-0.2, -0.15) is 5.10 Å². The normalized spacial score (nSPS) is 16.2. The Labute approximate surface area is 141 Å². The van der Waals surface area contributed by atoms with Gasteiger partial charge >= 0.3 is 0 Å². The number of amides is 1. The minimum absolute atomic E-state index is 0.103. The molecule has 0 spiro atoms. The Bertz CT molecular complexity index is 665. The lowest BCUT2D eigenvalue weighted by Crippen LogP contribution is -2.31. The average Bonchev–Trinajstić information content (AvgIpc) is 3.09. The number of piperidine rings is 1. The van der Waals surface area contributed by atoms with Crippen molar-refractivity contribution < 1.29 is 4.79 Å². The summed E-state index contributed by atoms with van der Waals surface area (Å²) < 4.78 is 1.64. The van der Waals surface area contributed by atoms with Crippen LogP contribution in [0, 0.1) is 0 Å². The van der Waals surface area contributed by atoms with Crippen LogP contribution in [0.2, 0.25) is 5.02 Å². The van der Waals surface area contributed by atoms with Crippen LogP contribution in [0.1, 0.15) is 32.2 Å². The molecule has 0 saturated carbocycles. The second-order valence-electron chi connectivity index (χ2n) is 5.86. The highest BCUT2D eigenvalue weighted by molar-refractivity contribution is 6.31. The number of nitrogens with one attached hydrogen (secondary N) is 1. The molecule has 1 amide bonds.